The van der Waals surface area contributed by atoms with E-state index in [1.807, 2.05) is 30.3 Å². The minimum Gasteiger partial charge on any atom is -0.301 e. The van der Waals surface area contributed by atoms with Crippen molar-refractivity contribution in [2.24, 2.45) is 0 Å². The van der Waals surface area contributed by atoms with Crippen LogP contribution in [-0.4, -0.2) is 46.9 Å². The summed E-state index contributed by atoms with van der Waals surface area (Å²) in [6, 6.07) is 17.3. The number of fused-ring (bicyclic) bond motifs is 2. The molecule has 0 unspecified atom stereocenters. The molecule has 3 heterocycles. The third kappa shape index (κ3) is 4.79. The van der Waals surface area contributed by atoms with Crippen LogP contribution in [0.15, 0.2) is 54.6 Å². The largest absolute Gasteiger partial charge is 0.301 e. The summed E-state index contributed by atoms with van der Waals surface area (Å²) in [4.78, 5) is 21.5. The number of nitrogens with zero attached hydrogens (tertiary/aromatic N) is 3. The molecule has 3 aromatic rings. The fourth-order valence-corrected chi connectivity index (χ4v) is 6.93. The van der Waals surface area contributed by atoms with E-state index in [-0.39, 0.29) is 18.2 Å². The summed E-state index contributed by atoms with van der Waals surface area (Å²) >= 11 is 1.49. The molecule has 1 atom stereocenters. The zero-order valence-corrected chi connectivity index (χ0v) is 20.7. The predicted molar refractivity (Wildman–Crippen MR) is 134 cm³/mol. The molecule has 178 valence electrons. The molecule has 2 aliphatic heterocycles. The van der Waals surface area contributed by atoms with Crippen LogP contribution in [-0.2, 0) is 47.3 Å². The van der Waals surface area contributed by atoms with Crippen molar-refractivity contribution in [1.29, 1.82) is 0 Å². The van der Waals surface area contributed by atoms with E-state index in [0.29, 0.717) is 11.6 Å². The highest BCUT2D eigenvalue weighted by Crippen LogP contribution is 2.31. The van der Waals surface area contributed by atoms with Gasteiger partial charge in [0.1, 0.15) is 6.04 Å². The fourth-order valence-electron chi connectivity index (χ4n) is 4.65. The maximum absolute atomic E-state index is 13.3. The zero-order chi connectivity index (χ0) is 23.7. The number of carbonyl (C=O) groups is 1. The number of amides is 1. The van der Waals surface area contributed by atoms with E-state index in [9.17, 15) is 13.2 Å². The molecular weight excluding hydrogens is 468 g/mol. The van der Waals surface area contributed by atoms with E-state index in [0.717, 1.165) is 47.8 Å². The van der Waals surface area contributed by atoms with Gasteiger partial charge in [0.25, 0.3) is 0 Å². The standard InChI is InChI=1S/C25H28N4O3S2/c1-2-34(31,32)29-16-20-11-7-6-10-19(20)14-22(29)24(30)27-25-26-21-12-13-28(17-23(21)33-25)15-18-8-4-3-5-9-18/h3-11,22H,2,12-17H2,1H3,(H,26,27,30)/t22-/m0/s1. The lowest BCUT2D eigenvalue weighted by Gasteiger charge is -2.34. The van der Waals surface area contributed by atoms with Crippen molar-refractivity contribution in [2.75, 3.05) is 17.6 Å². The third-order valence-electron chi connectivity index (χ3n) is 6.52. The quantitative estimate of drug-likeness (QED) is 0.566. The summed E-state index contributed by atoms with van der Waals surface area (Å²) in [5, 5.41) is 3.48. The number of rotatable bonds is 6. The fraction of sp³-hybridized carbons (Fsp3) is 0.360. The van der Waals surface area contributed by atoms with Crippen LogP contribution in [0.2, 0.25) is 0 Å². The van der Waals surface area contributed by atoms with Crippen LogP contribution < -0.4 is 5.32 Å². The van der Waals surface area contributed by atoms with E-state index in [1.54, 1.807) is 6.92 Å². The SMILES string of the molecule is CCS(=O)(=O)N1Cc2ccccc2C[C@H]1C(=O)Nc1nc2c(s1)CN(Cc1ccccc1)CC2. The van der Waals surface area contributed by atoms with E-state index in [1.165, 1.54) is 21.2 Å². The Hall–Kier alpha value is -2.59. The van der Waals surface area contributed by atoms with E-state index >= 15 is 0 Å². The minimum absolute atomic E-state index is 0.0399. The Morgan fingerprint density at radius 1 is 1.09 bits per heavy atom. The Morgan fingerprint density at radius 3 is 2.59 bits per heavy atom. The van der Waals surface area contributed by atoms with Crippen molar-refractivity contribution < 1.29 is 13.2 Å². The van der Waals surface area contributed by atoms with Crippen LogP contribution in [0, 0.1) is 0 Å². The second-order valence-electron chi connectivity index (χ2n) is 8.76. The molecule has 0 aliphatic carbocycles. The van der Waals surface area contributed by atoms with Crippen LogP contribution >= 0.6 is 11.3 Å². The van der Waals surface area contributed by atoms with Gasteiger partial charge in [0.2, 0.25) is 15.9 Å². The maximum atomic E-state index is 13.3. The van der Waals surface area contributed by atoms with Crippen molar-refractivity contribution in [3.05, 3.63) is 81.9 Å². The zero-order valence-electron chi connectivity index (χ0n) is 19.1. The lowest BCUT2D eigenvalue weighted by atomic mass is 9.95. The molecule has 0 spiro atoms. The summed E-state index contributed by atoms with van der Waals surface area (Å²) in [7, 11) is -3.54. The van der Waals surface area contributed by atoms with Gasteiger partial charge in [-0.3, -0.25) is 9.69 Å². The molecule has 0 bridgehead atoms. The minimum atomic E-state index is -3.54. The molecule has 0 fully saturated rings. The van der Waals surface area contributed by atoms with Gasteiger partial charge in [-0.25, -0.2) is 13.4 Å². The molecular formula is C25H28N4O3S2. The highest BCUT2D eigenvalue weighted by Gasteiger charge is 2.38. The van der Waals surface area contributed by atoms with E-state index < -0.39 is 16.1 Å². The summed E-state index contributed by atoms with van der Waals surface area (Å²) in [6.07, 6.45) is 1.19. The first-order valence-electron chi connectivity index (χ1n) is 11.5. The average Bonchev–Trinajstić information content (AvgIpc) is 3.25. The topological polar surface area (TPSA) is 82.6 Å². The Labute approximate surface area is 204 Å². The average molecular weight is 497 g/mol. The molecule has 1 N–H and O–H groups in total. The first-order valence-corrected chi connectivity index (χ1v) is 14.0. The van der Waals surface area contributed by atoms with Gasteiger partial charge < -0.3 is 5.32 Å². The van der Waals surface area contributed by atoms with Crippen LogP contribution in [0.1, 0.15) is 34.2 Å². The van der Waals surface area contributed by atoms with Gasteiger partial charge in [0.05, 0.1) is 11.4 Å². The normalized spacial score (nSPS) is 18.8. The molecule has 34 heavy (non-hydrogen) atoms. The molecule has 5 rings (SSSR count). The van der Waals surface area contributed by atoms with E-state index in [2.05, 4.69) is 39.5 Å². The highest BCUT2D eigenvalue weighted by molar-refractivity contribution is 7.89. The number of hydrogen-bond donors (Lipinski definition) is 1. The molecule has 2 aromatic carbocycles. The van der Waals surface area contributed by atoms with E-state index in [4.69, 9.17) is 0 Å². The van der Waals surface area contributed by atoms with Crippen LogP contribution in [0.25, 0.3) is 0 Å². The first kappa shape index (κ1) is 23.2. The maximum Gasteiger partial charge on any atom is 0.244 e. The van der Waals surface area contributed by atoms with Crippen molar-refractivity contribution in [3.8, 4) is 0 Å². The number of anilines is 1. The van der Waals surface area contributed by atoms with Crippen molar-refractivity contribution in [2.45, 2.75) is 45.4 Å². The molecule has 9 heteroatoms. The van der Waals surface area contributed by atoms with Crippen LogP contribution in [0.5, 0.6) is 0 Å². The number of aromatic nitrogens is 1. The van der Waals surface area contributed by atoms with Crippen LogP contribution in [0.4, 0.5) is 5.13 Å². The van der Waals surface area contributed by atoms with Crippen molar-refractivity contribution in [3.63, 3.8) is 0 Å². The second-order valence-corrected chi connectivity index (χ2v) is 12.1. The predicted octanol–water partition coefficient (Wildman–Crippen LogP) is 3.42. The molecule has 1 aromatic heterocycles. The van der Waals surface area contributed by atoms with Gasteiger partial charge in [-0.2, -0.15) is 4.31 Å². The Kier molecular flexibility index (Phi) is 6.52. The number of thiazole rings is 1. The van der Waals surface area contributed by atoms with Gasteiger partial charge in [0.15, 0.2) is 5.13 Å². The van der Waals surface area contributed by atoms with Crippen LogP contribution in [0.3, 0.4) is 0 Å². The summed E-state index contributed by atoms with van der Waals surface area (Å²) in [5.41, 5.74) is 4.27. The van der Waals surface area contributed by atoms with Gasteiger partial charge in [0, 0.05) is 37.5 Å². The van der Waals surface area contributed by atoms with Gasteiger partial charge >= 0.3 is 0 Å². The monoisotopic (exact) mass is 496 g/mol. The summed E-state index contributed by atoms with van der Waals surface area (Å²) in [5.74, 6) is -0.361. The summed E-state index contributed by atoms with van der Waals surface area (Å²) in [6.45, 7) is 4.42. The number of nitrogens with one attached hydrogen (secondary N) is 1. The lowest BCUT2D eigenvalue weighted by Crippen LogP contribution is -2.51. The van der Waals surface area contributed by atoms with Gasteiger partial charge in [-0.15, -0.1) is 11.3 Å². The molecule has 7 nitrogen and oxygen atoms in total. The Morgan fingerprint density at radius 2 is 1.82 bits per heavy atom. The van der Waals surface area contributed by atoms with Gasteiger partial charge in [-0.05, 0) is 30.0 Å². The molecule has 1 amide bonds. The number of benzene rings is 2. The number of sulfonamides is 1. The lowest BCUT2D eigenvalue weighted by molar-refractivity contribution is -0.120. The number of carbonyl (C=O) groups excluding carboxylic acids is 1. The molecule has 0 saturated carbocycles. The van der Waals surface area contributed by atoms with Crippen molar-refractivity contribution in [1.82, 2.24) is 14.2 Å². The first-order chi connectivity index (χ1) is 16.4. The second kappa shape index (κ2) is 9.58. The Bertz CT molecular complexity index is 1290. The third-order valence-corrected chi connectivity index (χ3v) is 9.35. The van der Waals surface area contributed by atoms with Crippen molar-refractivity contribution >= 4 is 32.4 Å². The summed E-state index contributed by atoms with van der Waals surface area (Å²) < 4.78 is 27.0. The Balaban J connectivity index is 1.31. The van der Waals surface area contributed by atoms with Gasteiger partial charge in [-0.1, -0.05) is 54.6 Å². The highest BCUT2D eigenvalue weighted by atomic mass is 32.2. The molecule has 0 saturated heterocycles. The smallest absolute Gasteiger partial charge is 0.244 e. The molecule has 2 aliphatic rings. The molecule has 0 radical (unpaired) electrons. The number of hydrogen-bond acceptors (Lipinski definition) is 6.